The summed E-state index contributed by atoms with van der Waals surface area (Å²) in [5.41, 5.74) is 1.73. The molecule has 0 aliphatic heterocycles. The third-order valence-corrected chi connectivity index (χ3v) is 9.38. The van der Waals surface area contributed by atoms with Gasteiger partial charge in [0.25, 0.3) is 5.95 Å². The zero-order chi connectivity index (χ0) is 28.3. The normalized spacial score (nSPS) is 24.9. The highest BCUT2D eigenvalue weighted by Gasteiger charge is 2.75. The predicted molar refractivity (Wildman–Crippen MR) is 153 cm³/mol. The number of hydrogen-bond donors (Lipinski definition) is 4. The number of benzene rings is 1. The molecule has 210 valence electrons. The third-order valence-electron chi connectivity index (χ3n) is 8.13. The molecule has 1 amide bonds. The zero-order valence-electron chi connectivity index (χ0n) is 21.8. The summed E-state index contributed by atoms with van der Waals surface area (Å²) in [4.78, 5) is 27.7. The van der Waals surface area contributed by atoms with E-state index < -0.39 is 23.7 Å². The number of aromatic nitrogens is 7. The Bertz CT molecular complexity index is 1760. The smallest absolute Gasteiger partial charge is 0.256 e. The zero-order valence-corrected chi connectivity index (χ0v) is 23.4. The first-order valence-corrected chi connectivity index (χ1v) is 14.4. The Kier molecular flexibility index (Phi) is 6.27. The largest absolute Gasteiger partial charge is 0.389 e. The van der Waals surface area contributed by atoms with E-state index in [0.717, 1.165) is 11.3 Å². The van der Waals surface area contributed by atoms with Crippen LogP contribution in [0.5, 0.6) is 0 Å². The molecule has 4 aromatic heterocycles. The van der Waals surface area contributed by atoms with Crippen molar-refractivity contribution in [2.24, 2.45) is 11.3 Å². The summed E-state index contributed by atoms with van der Waals surface area (Å²) in [6.07, 6.45) is 2.17. The van der Waals surface area contributed by atoms with Gasteiger partial charge >= 0.3 is 0 Å². The first kappa shape index (κ1) is 26.0. The lowest BCUT2D eigenvalue weighted by atomic mass is 9.98. The van der Waals surface area contributed by atoms with Crippen LogP contribution in [0.25, 0.3) is 27.7 Å². The molecule has 2 aliphatic carbocycles. The van der Waals surface area contributed by atoms with Crippen molar-refractivity contribution in [3.63, 3.8) is 0 Å². The lowest BCUT2D eigenvalue weighted by molar-refractivity contribution is -0.132. The van der Waals surface area contributed by atoms with Crippen LogP contribution >= 0.6 is 22.9 Å². The third kappa shape index (κ3) is 4.19. The highest BCUT2D eigenvalue weighted by atomic mass is 35.5. The number of nitrogens with one attached hydrogen (secondary N) is 2. The molecule has 2 saturated carbocycles. The number of amides is 1. The maximum absolute atomic E-state index is 12.7. The molecule has 7 rings (SSSR count). The molecule has 5 aromatic rings. The fourth-order valence-electron chi connectivity index (χ4n) is 6.03. The van der Waals surface area contributed by atoms with E-state index in [0.29, 0.717) is 40.0 Å². The number of nitrogens with zero attached hydrogens (tertiary/aromatic N) is 7. The van der Waals surface area contributed by atoms with Gasteiger partial charge in [0.1, 0.15) is 11.8 Å². The van der Waals surface area contributed by atoms with E-state index >= 15 is 0 Å². The highest BCUT2D eigenvalue weighted by molar-refractivity contribution is 7.19. The van der Waals surface area contributed by atoms with Crippen LogP contribution in [0.15, 0.2) is 55.0 Å². The van der Waals surface area contributed by atoms with Crippen LogP contribution < -0.4 is 10.6 Å². The molecule has 0 radical (unpaired) electrons. The van der Waals surface area contributed by atoms with Crippen LogP contribution in [0.4, 0.5) is 5.82 Å². The van der Waals surface area contributed by atoms with Gasteiger partial charge in [0.15, 0.2) is 17.0 Å². The Balaban J connectivity index is 1.28. The summed E-state index contributed by atoms with van der Waals surface area (Å²) in [5, 5.41) is 36.6. The lowest BCUT2D eigenvalue weighted by Crippen LogP contribution is -2.41. The number of fused-ring (bicyclic) bond motifs is 2. The highest BCUT2D eigenvalue weighted by Crippen LogP contribution is 2.67. The van der Waals surface area contributed by atoms with Crippen LogP contribution in [0.3, 0.4) is 0 Å². The molecular formula is C27H26ClN9O3S. The van der Waals surface area contributed by atoms with Crippen LogP contribution in [0.1, 0.15) is 18.0 Å². The second-order valence-electron chi connectivity index (χ2n) is 10.4. The van der Waals surface area contributed by atoms with Gasteiger partial charge in [-0.15, -0.1) is 16.4 Å². The van der Waals surface area contributed by atoms with Crippen molar-refractivity contribution in [3.05, 3.63) is 64.9 Å². The molecule has 0 spiro atoms. The van der Waals surface area contributed by atoms with Gasteiger partial charge in [-0.05, 0) is 30.5 Å². The molecule has 0 saturated heterocycles. The average Bonchev–Trinajstić information content (AvgIpc) is 3.39. The van der Waals surface area contributed by atoms with Crippen LogP contribution in [-0.2, 0) is 11.2 Å². The first-order chi connectivity index (χ1) is 19.9. The number of imidazole rings is 1. The van der Waals surface area contributed by atoms with Gasteiger partial charge in [-0.2, -0.15) is 14.6 Å². The van der Waals surface area contributed by atoms with Crippen molar-refractivity contribution in [2.45, 2.75) is 31.1 Å². The molecule has 2 fully saturated rings. The fourth-order valence-corrected chi connectivity index (χ4v) is 7.02. The van der Waals surface area contributed by atoms with E-state index in [1.54, 1.807) is 23.2 Å². The summed E-state index contributed by atoms with van der Waals surface area (Å²) in [6, 6.07) is 13.2. The minimum absolute atomic E-state index is 0.254. The van der Waals surface area contributed by atoms with E-state index in [4.69, 9.17) is 21.6 Å². The summed E-state index contributed by atoms with van der Waals surface area (Å²) in [6.45, 7) is 0.589. The second kappa shape index (κ2) is 9.87. The Morgan fingerprint density at radius 1 is 1.20 bits per heavy atom. The number of hydrogen-bond acceptors (Lipinski definition) is 10. The average molecular weight is 592 g/mol. The summed E-state index contributed by atoms with van der Waals surface area (Å²) >= 11 is 7.51. The number of anilines is 1. The fraction of sp³-hybridized carbons (Fsp3) is 0.333. The Hall–Kier alpha value is -3.91. The van der Waals surface area contributed by atoms with Gasteiger partial charge in [-0.25, -0.2) is 4.98 Å². The van der Waals surface area contributed by atoms with Crippen LogP contribution in [0.2, 0.25) is 4.34 Å². The van der Waals surface area contributed by atoms with Crippen LogP contribution in [-0.4, -0.2) is 76.4 Å². The number of aliphatic hydroxyl groups excluding tert-OH is 2. The molecule has 0 bridgehead atoms. The summed E-state index contributed by atoms with van der Waals surface area (Å²) in [5.74, 6) is 0.212. The number of halogens is 1. The minimum atomic E-state index is -1.20. The van der Waals surface area contributed by atoms with Crippen molar-refractivity contribution < 1.29 is 15.0 Å². The van der Waals surface area contributed by atoms with Crippen molar-refractivity contribution >= 4 is 45.8 Å². The van der Waals surface area contributed by atoms with Gasteiger partial charge < -0.3 is 25.4 Å². The molecule has 2 unspecified atom stereocenters. The van der Waals surface area contributed by atoms with E-state index in [-0.39, 0.29) is 17.8 Å². The van der Waals surface area contributed by atoms with Gasteiger partial charge in [0.2, 0.25) is 5.91 Å². The molecule has 1 aromatic carbocycles. The SMILES string of the molecule is CNC(=O)[C@]12CC1[C@@H](n1cnc3c(NCCc4ccccc4)nc(-n4cc(-c5ccc(Cl)s5)nn4)nc31)[C@H](O)C2O. The topological polar surface area (TPSA) is 156 Å². The van der Waals surface area contributed by atoms with E-state index in [1.807, 2.05) is 24.3 Å². The number of rotatable bonds is 8. The first-order valence-electron chi connectivity index (χ1n) is 13.2. The molecule has 12 nitrogen and oxygen atoms in total. The Morgan fingerprint density at radius 2 is 2.02 bits per heavy atom. The number of aliphatic hydroxyl groups is 2. The second-order valence-corrected chi connectivity index (χ2v) is 12.1. The Morgan fingerprint density at radius 3 is 2.78 bits per heavy atom. The minimum Gasteiger partial charge on any atom is -0.389 e. The van der Waals surface area contributed by atoms with E-state index in [2.05, 4.69) is 38.1 Å². The molecule has 5 atom stereocenters. The van der Waals surface area contributed by atoms with Gasteiger partial charge in [-0.3, -0.25) is 4.79 Å². The molecular weight excluding hydrogens is 566 g/mol. The quantitative estimate of drug-likeness (QED) is 0.213. The number of thiophene rings is 1. The number of carbonyl (C=O) groups is 1. The standard InChI is InChI=1S/C27H26ClN9O3S/c1-29-25(40)27-11-15(27)20(21(38)22(27)39)36-13-31-19-23(30-10-9-14-5-3-2-4-6-14)32-26(33-24(19)36)37-12-16(34-35-37)17-7-8-18(28)41-17/h2-8,12-13,15,20-22,38-39H,9-11H2,1H3,(H,29,40)(H,30,32,33)/t15?,20-,21+,22?,27-/m1/s1. The van der Waals surface area contributed by atoms with E-state index in [9.17, 15) is 15.0 Å². The Labute approximate surface area is 243 Å². The molecule has 4 heterocycles. The summed E-state index contributed by atoms with van der Waals surface area (Å²) in [7, 11) is 1.54. The van der Waals surface area contributed by atoms with Crippen LogP contribution in [0, 0.1) is 11.3 Å². The molecule has 2 aliphatic rings. The number of carbonyl (C=O) groups excluding carboxylic acids is 1. The summed E-state index contributed by atoms with van der Waals surface area (Å²) < 4.78 is 3.87. The predicted octanol–water partition coefficient (Wildman–Crippen LogP) is 2.47. The van der Waals surface area contributed by atoms with E-state index in [1.165, 1.54) is 28.6 Å². The molecule has 4 N–H and O–H groups in total. The van der Waals surface area contributed by atoms with Crippen molar-refractivity contribution in [3.8, 4) is 16.5 Å². The van der Waals surface area contributed by atoms with Gasteiger partial charge in [-0.1, -0.05) is 47.1 Å². The van der Waals surface area contributed by atoms with Crippen molar-refractivity contribution in [1.82, 2.24) is 39.8 Å². The monoisotopic (exact) mass is 591 g/mol. The van der Waals surface area contributed by atoms with Crippen molar-refractivity contribution in [1.29, 1.82) is 0 Å². The van der Waals surface area contributed by atoms with Gasteiger partial charge in [0, 0.05) is 19.5 Å². The van der Waals surface area contributed by atoms with Gasteiger partial charge in [0.05, 0.1) is 39.3 Å². The molecule has 41 heavy (non-hydrogen) atoms. The lowest BCUT2D eigenvalue weighted by Gasteiger charge is -2.23. The molecule has 14 heteroatoms. The van der Waals surface area contributed by atoms with Crippen molar-refractivity contribution in [2.75, 3.05) is 18.9 Å². The maximum atomic E-state index is 12.7. The maximum Gasteiger partial charge on any atom is 0.256 e.